The van der Waals surface area contributed by atoms with E-state index < -0.39 is 0 Å². The Bertz CT molecular complexity index is 493. The number of nitrogens with zero attached hydrogens (tertiary/aromatic N) is 1. The van der Waals surface area contributed by atoms with E-state index in [1.807, 2.05) is 24.3 Å². The Hall–Kier alpha value is -1.53. The average Bonchev–Trinajstić information content (AvgIpc) is 2.80. The second-order valence-electron chi connectivity index (χ2n) is 3.93. The molecule has 1 aromatic heterocycles. The SMILES string of the molecule is NNC(=O)CCCCSc1nc2ccccc2[nH]1. The number of hydrogen-bond donors (Lipinski definition) is 3. The van der Waals surface area contributed by atoms with E-state index in [0.29, 0.717) is 6.42 Å². The molecule has 18 heavy (non-hydrogen) atoms. The van der Waals surface area contributed by atoms with E-state index in [1.54, 1.807) is 11.8 Å². The van der Waals surface area contributed by atoms with Crippen molar-refractivity contribution < 1.29 is 4.79 Å². The minimum Gasteiger partial charge on any atom is -0.333 e. The maximum absolute atomic E-state index is 10.9. The summed E-state index contributed by atoms with van der Waals surface area (Å²) in [7, 11) is 0. The zero-order chi connectivity index (χ0) is 12.8. The highest BCUT2D eigenvalue weighted by Gasteiger charge is 2.03. The van der Waals surface area contributed by atoms with Gasteiger partial charge in [0.25, 0.3) is 0 Å². The molecular weight excluding hydrogens is 248 g/mol. The van der Waals surface area contributed by atoms with Gasteiger partial charge in [-0.15, -0.1) is 0 Å². The molecule has 4 N–H and O–H groups in total. The Morgan fingerprint density at radius 3 is 3.00 bits per heavy atom. The normalized spacial score (nSPS) is 10.7. The van der Waals surface area contributed by atoms with Gasteiger partial charge in [0.2, 0.25) is 5.91 Å². The Balaban J connectivity index is 1.75. The number of carbonyl (C=O) groups is 1. The fraction of sp³-hybridized carbons (Fsp3) is 0.333. The van der Waals surface area contributed by atoms with Crippen LogP contribution in [0.5, 0.6) is 0 Å². The van der Waals surface area contributed by atoms with Gasteiger partial charge in [-0.3, -0.25) is 10.2 Å². The fourth-order valence-electron chi connectivity index (χ4n) is 1.63. The number of thioether (sulfide) groups is 1. The van der Waals surface area contributed by atoms with E-state index in [4.69, 9.17) is 5.84 Å². The quantitative estimate of drug-likeness (QED) is 0.244. The number of amides is 1. The summed E-state index contributed by atoms with van der Waals surface area (Å²) in [4.78, 5) is 18.6. The number of hydrazine groups is 1. The number of rotatable bonds is 6. The molecule has 0 saturated carbocycles. The third-order valence-corrected chi connectivity index (χ3v) is 3.53. The predicted molar refractivity (Wildman–Crippen MR) is 73.0 cm³/mol. The van der Waals surface area contributed by atoms with E-state index in [-0.39, 0.29) is 5.91 Å². The zero-order valence-corrected chi connectivity index (χ0v) is 10.8. The molecule has 0 unspecified atom stereocenters. The molecule has 2 aromatic rings. The van der Waals surface area contributed by atoms with Crippen LogP contribution in [0.4, 0.5) is 0 Å². The van der Waals surface area contributed by atoms with Crippen molar-refractivity contribution in [2.24, 2.45) is 5.84 Å². The van der Waals surface area contributed by atoms with Crippen molar-refractivity contribution in [1.82, 2.24) is 15.4 Å². The molecule has 0 bridgehead atoms. The Kier molecular flexibility index (Phi) is 4.60. The van der Waals surface area contributed by atoms with Crippen LogP contribution in [0.15, 0.2) is 29.4 Å². The second-order valence-corrected chi connectivity index (χ2v) is 5.02. The molecule has 6 heteroatoms. The van der Waals surface area contributed by atoms with Crippen LogP contribution in [0, 0.1) is 0 Å². The van der Waals surface area contributed by atoms with Crippen molar-refractivity contribution in [2.45, 2.75) is 24.4 Å². The lowest BCUT2D eigenvalue weighted by Gasteiger charge is -1.99. The van der Waals surface area contributed by atoms with Crippen LogP contribution in [0.25, 0.3) is 11.0 Å². The number of benzene rings is 1. The first-order valence-electron chi connectivity index (χ1n) is 5.86. The summed E-state index contributed by atoms with van der Waals surface area (Å²) in [6.45, 7) is 0. The van der Waals surface area contributed by atoms with Crippen molar-refractivity contribution in [1.29, 1.82) is 0 Å². The molecule has 2 rings (SSSR count). The molecule has 0 aliphatic rings. The third-order valence-electron chi connectivity index (χ3n) is 2.57. The number of hydrogen-bond acceptors (Lipinski definition) is 4. The summed E-state index contributed by atoms with van der Waals surface area (Å²) in [6, 6.07) is 7.96. The summed E-state index contributed by atoms with van der Waals surface area (Å²) >= 11 is 1.68. The highest BCUT2D eigenvalue weighted by Crippen LogP contribution is 2.20. The first-order chi connectivity index (χ1) is 8.79. The van der Waals surface area contributed by atoms with Gasteiger partial charge in [-0.25, -0.2) is 10.8 Å². The number of fused-ring (bicyclic) bond motifs is 1. The van der Waals surface area contributed by atoms with Gasteiger partial charge in [0.1, 0.15) is 0 Å². The molecular formula is C12H16N4OS. The lowest BCUT2D eigenvalue weighted by molar-refractivity contribution is -0.121. The highest BCUT2D eigenvalue weighted by atomic mass is 32.2. The summed E-state index contributed by atoms with van der Waals surface area (Å²) < 4.78 is 0. The predicted octanol–water partition coefficient (Wildman–Crippen LogP) is 1.82. The summed E-state index contributed by atoms with van der Waals surface area (Å²) in [5.41, 5.74) is 4.17. The van der Waals surface area contributed by atoms with Crippen molar-refractivity contribution >= 4 is 28.7 Å². The number of aromatic amines is 1. The van der Waals surface area contributed by atoms with Crippen LogP contribution >= 0.6 is 11.8 Å². The minimum atomic E-state index is -0.108. The van der Waals surface area contributed by atoms with Crippen LogP contribution in [0.1, 0.15) is 19.3 Å². The molecule has 0 aliphatic carbocycles. The smallest absolute Gasteiger partial charge is 0.233 e. The van der Waals surface area contributed by atoms with Gasteiger partial charge in [0.05, 0.1) is 11.0 Å². The number of nitrogens with one attached hydrogen (secondary N) is 2. The first-order valence-corrected chi connectivity index (χ1v) is 6.85. The van der Waals surface area contributed by atoms with Crippen molar-refractivity contribution in [2.75, 3.05) is 5.75 Å². The average molecular weight is 264 g/mol. The number of imidazole rings is 1. The van der Waals surface area contributed by atoms with Gasteiger partial charge < -0.3 is 4.98 Å². The monoisotopic (exact) mass is 264 g/mol. The maximum Gasteiger partial charge on any atom is 0.233 e. The van der Waals surface area contributed by atoms with Gasteiger partial charge in [-0.2, -0.15) is 0 Å². The van der Waals surface area contributed by atoms with Crippen LogP contribution in [-0.4, -0.2) is 21.6 Å². The molecule has 0 aliphatic heterocycles. The summed E-state index contributed by atoms with van der Waals surface area (Å²) in [5.74, 6) is 5.84. The van der Waals surface area contributed by atoms with Crippen LogP contribution in [0.3, 0.4) is 0 Å². The first kappa shape index (κ1) is 12.9. The summed E-state index contributed by atoms with van der Waals surface area (Å²) in [5, 5.41) is 0.930. The Labute approximate surface area is 110 Å². The largest absolute Gasteiger partial charge is 0.333 e. The van der Waals surface area contributed by atoms with Gasteiger partial charge >= 0.3 is 0 Å². The highest BCUT2D eigenvalue weighted by molar-refractivity contribution is 7.99. The number of unbranched alkanes of at least 4 members (excludes halogenated alkanes) is 1. The molecule has 0 spiro atoms. The van der Waals surface area contributed by atoms with Crippen molar-refractivity contribution in [3.63, 3.8) is 0 Å². The molecule has 0 radical (unpaired) electrons. The molecule has 1 amide bonds. The van der Waals surface area contributed by atoms with Crippen LogP contribution < -0.4 is 11.3 Å². The van der Waals surface area contributed by atoms with Gasteiger partial charge in [0, 0.05) is 12.2 Å². The van der Waals surface area contributed by atoms with E-state index >= 15 is 0 Å². The van der Waals surface area contributed by atoms with Gasteiger partial charge in [-0.1, -0.05) is 23.9 Å². The molecule has 5 nitrogen and oxygen atoms in total. The number of aromatic nitrogens is 2. The van der Waals surface area contributed by atoms with E-state index in [0.717, 1.165) is 34.8 Å². The Morgan fingerprint density at radius 2 is 2.22 bits per heavy atom. The molecule has 0 saturated heterocycles. The molecule has 96 valence electrons. The van der Waals surface area contributed by atoms with E-state index in [1.165, 1.54) is 0 Å². The zero-order valence-electron chi connectivity index (χ0n) is 9.98. The Morgan fingerprint density at radius 1 is 1.39 bits per heavy atom. The van der Waals surface area contributed by atoms with E-state index in [9.17, 15) is 4.79 Å². The molecule has 0 fully saturated rings. The number of H-pyrrole nitrogens is 1. The van der Waals surface area contributed by atoms with Crippen LogP contribution in [-0.2, 0) is 4.79 Å². The third kappa shape index (κ3) is 3.48. The fourth-order valence-corrected chi connectivity index (χ4v) is 2.51. The van der Waals surface area contributed by atoms with Crippen molar-refractivity contribution in [3.8, 4) is 0 Å². The molecule has 1 heterocycles. The van der Waals surface area contributed by atoms with E-state index in [2.05, 4.69) is 15.4 Å². The van der Waals surface area contributed by atoms with Crippen LogP contribution in [0.2, 0.25) is 0 Å². The van der Waals surface area contributed by atoms with Gasteiger partial charge in [0.15, 0.2) is 5.16 Å². The lowest BCUT2D eigenvalue weighted by atomic mass is 10.2. The topological polar surface area (TPSA) is 83.8 Å². The minimum absolute atomic E-state index is 0.108. The maximum atomic E-state index is 10.9. The summed E-state index contributed by atoms with van der Waals surface area (Å²) in [6.07, 6.45) is 2.29. The second kappa shape index (κ2) is 6.42. The number of nitrogens with two attached hydrogens (primary N) is 1. The number of para-hydroxylation sites is 2. The van der Waals surface area contributed by atoms with Gasteiger partial charge in [-0.05, 0) is 25.0 Å². The molecule has 1 aromatic carbocycles. The standard InChI is InChI=1S/C12H16N4OS/c13-16-11(17)7-3-4-8-18-12-14-9-5-1-2-6-10(9)15-12/h1-2,5-6H,3-4,7-8,13H2,(H,14,15)(H,16,17). The lowest BCUT2D eigenvalue weighted by Crippen LogP contribution is -2.29. The molecule has 0 atom stereocenters. The number of carbonyl (C=O) groups excluding carboxylic acids is 1. The van der Waals surface area contributed by atoms with Crippen molar-refractivity contribution in [3.05, 3.63) is 24.3 Å².